The number of benzene rings is 1. The third-order valence-electron chi connectivity index (χ3n) is 2.65. The lowest BCUT2D eigenvalue weighted by Gasteiger charge is -2.18. The van der Waals surface area contributed by atoms with E-state index in [1.54, 1.807) is 0 Å². The molecule has 5 nitrogen and oxygen atoms in total. The van der Waals surface area contributed by atoms with Crippen LogP contribution in [0.3, 0.4) is 0 Å². The van der Waals surface area contributed by atoms with Crippen LogP contribution in [0.5, 0.6) is 0 Å². The second-order valence-corrected chi connectivity index (χ2v) is 6.90. The third kappa shape index (κ3) is 5.35. The number of halogens is 2. The van der Waals surface area contributed by atoms with Gasteiger partial charge < -0.3 is 5.32 Å². The summed E-state index contributed by atoms with van der Waals surface area (Å²) in [6.45, 7) is 4.02. The molecule has 0 heterocycles. The molecule has 0 aliphatic carbocycles. The van der Waals surface area contributed by atoms with Gasteiger partial charge in [-0.3, -0.25) is 4.72 Å². The van der Waals surface area contributed by atoms with Gasteiger partial charge in [0.05, 0.1) is 10.2 Å². The number of nitrogens with zero attached hydrogens (tertiary/aromatic N) is 1. The number of anilines is 1. The SMILES string of the molecule is CCNCCCN(C)S(=O)(=O)Nc1ccc(F)c(Br)c1. The van der Waals surface area contributed by atoms with E-state index in [0.29, 0.717) is 12.2 Å². The van der Waals surface area contributed by atoms with Gasteiger partial charge >= 0.3 is 10.2 Å². The van der Waals surface area contributed by atoms with Gasteiger partial charge in [-0.15, -0.1) is 0 Å². The van der Waals surface area contributed by atoms with Crippen molar-refractivity contribution in [2.75, 3.05) is 31.4 Å². The number of rotatable bonds is 8. The minimum atomic E-state index is -3.62. The van der Waals surface area contributed by atoms with Crippen molar-refractivity contribution in [1.29, 1.82) is 0 Å². The van der Waals surface area contributed by atoms with Crippen LogP contribution in [0, 0.1) is 5.82 Å². The summed E-state index contributed by atoms with van der Waals surface area (Å²) < 4.78 is 41.0. The average Bonchev–Trinajstić information content (AvgIpc) is 2.38. The van der Waals surface area contributed by atoms with E-state index in [1.165, 1.54) is 29.6 Å². The highest BCUT2D eigenvalue weighted by molar-refractivity contribution is 9.10. The van der Waals surface area contributed by atoms with E-state index in [-0.39, 0.29) is 4.47 Å². The first-order chi connectivity index (χ1) is 9.36. The second-order valence-electron chi connectivity index (χ2n) is 4.26. The quantitative estimate of drug-likeness (QED) is 0.692. The molecule has 0 saturated heterocycles. The van der Waals surface area contributed by atoms with Crippen LogP contribution in [0.25, 0.3) is 0 Å². The van der Waals surface area contributed by atoms with Crippen LogP contribution < -0.4 is 10.0 Å². The zero-order valence-electron chi connectivity index (χ0n) is 11.5. The van der Waals surface area contributed by atoms with Crippen LogP contribution in [-0.4, -0.2) is 39.4 Å². The predicted octanol–water partition coefficient (Wildman–Crippen LogP) is 2.18. The predicted molar refractivity (Wildman–Crippen MR) is 82.4 cm³/mol. The summed E-state index contributed by atoms with van der Waals surface area (Å²) in [6, 6.07) is 3.97. The van der Waals surface area contributed by atoms with E-state index < -0.39 is 16.0 Å². The van der Waals surface area contributed by atoms with Gasteiger partial charge in [-0.2, -0.15) is 12.7 Å². The first kappa shape index (κ1) is 17.4. The monoisotopic (exact) mass is 367 g/mol. The standard InChI is InChI=1S/C12H19BrFN3O2S/c1-3-15-7-4-8-17(2)20(18,19)16-10-5-6-12(14)11(13)9-10/h5-6,9,15-16H,3-4,7-8H2,1-2H3. The summed E-state index contributed by atoms with van der Waals surface area (Å²) in [7, 11) is -2.11. The largest absolute Gasteiger partial charge is 0.317 e. The highest BCUT2D eigenvalue weighted by Gasteiger charge is 2.17. The normalized spacial score (nSPS) is 11.8. The Morgan fingerprint density at radius 2 is 2.10 bits per heavy atom. The van der Waals surface area contributed by atoms with Crippen molar-refractivity contribution in [3.63, 3.8) is 0 Å². The molecule has 8 heteroatoms. The van der Waals surface area contributed by atoms with E-state index in [9.17, 15) is 12.8 Å². The molecule has 0 unspecified atom stereocenters. The molecule has 1 aromatic carbocycles. The van der Waals surface area contributed by atoms with Crippen molar-refractivity contribution in [3.8, 4) is 0 Å². The van der Waals surface area contributed by atoms with Gasteiger partial charge in [0.1, 0.15) is 5.82 Å². The molecular weight excluding hydrogens is 349 g/mol. The highest BCUT2D eigenvalue weighted by Crippen LogP contribution is 2.21. The minimum absolute atomic E-state index is 0.215. The lowest BCUT2D eigenvalue weighted by atomic mass is 10.3. The van der Waals surface area contributed by atoms with Crippen LogP contribution >= 0.6 is 15.9 Å². The van der Waals surface area contributed by atoms with Gasteiger partial charge in [-0.25, -0.2) is 4.39 Å². The summed E-state index contributed by atoms with van der Waals surface area (Å²) in [5, 5.41) is 3.13. The van der Waals surface area contributed by atoms with Gasteiger partial charge in [0.2, 0.25) is 0 Å². The number of nitrogens with one attached hydrogen (secondary N) is 2. The summed E-state index contributed by atoms with van der Waals surface area (Å²) in [5.41, 5.74) is 0.316. The van der Waals surface area contributed by atoms with Crippen molar-refractivity contribution in [2.24, 2.45) is 0 Å². The van der Waals surface area contributed by atoms with Gasteiger partial charge in [0.25, 0.3) is 0 Å². The molecule has 114 valence electrons. The smallest absolute Gasteiger partial charge is 0.301 e. The Hall–Kier alpha value is -0.700. The van der Waals surface area contributed by atoms with Gasteiger partial charge in [0, 0.05) is 13.6 Å². The Morgan fingerprint density at radius 3 is 2.70 bits per heavy atom. The van der Waals surface area contributed by atoms with Gasteiger partial charge in [0.15, 0.2) is 0 Å². The van der Waals surface area contributed by atoms with Crippen molar-refractivity contribution in [3.05, 3.63) is 28.5 Å². The Bertz CT molecular complexity index is 540. The summed E-state index contributed by atoms with van der Waals surface area (Å²) in [6.07, 6.45) is 0.721. The molecule has 0 saturated carbocycles. The van der Waals surface area contributed by atoms with Gasteiger partial charge in [-0.05, 0) is 53.6 Å². The zero-order chi connectivity index (χ0) is 15.2. The number of hydrogen-bond acceptors (Lipinski definition) is 3. The maximum atomic E-state index is 13.1. The van der Waals surface area contributed by atoms with E-state index in [4.69, 9.17) is 0 Å². The van der Waals surface area contributed by atoms with E-state index in [2.05, 4.69) is 26.0 Å². The topological polar surface area (TPSA) is 61.4 Å². The van der Waals surface area contributed by atoms with Crippen LogP contribution in [0.15, 0.2) is 22.7 Å². The van der Waals surface area contributed by atoms with Crippen LogP contribution in [0.2, 0.25) is 0 Å². The molecule has 1 rings (SSSR count). The Morgan fingerprint density at radius 1 is 1.40 bits per heavy atom. The lowest BCUT2D eigenvalue weighted by molar-refractivity contribution is 0.459. The molecule has 0 amide bonds. The van der Waals surface area contributed by atoms with Crippen LogP contribution in [-0.2, 0) is 10.2 Å². The van der Waals surface area contributed by atoms with Crippen molar-refractivity contribution in [1.82, 2.24) is 9.62 Å². The summed E-state index contributed by atoms with van der Waals surface area (Å²) in [5.74, 6) is -0.438. The Labute approximate surface area is 127 Å². The first-order valence-corrected chi connectivity index (χ1v) is 8.50. The molecule has 20 heavy (non-hydrogen) atoms. The number of hydrogen-bond donors (Lipinski definition) is 2. The van der Waals surface area contributed by atoms with Crippen molar-refractivity contribution < 1.29 is 12.8 Å². The second kappa shape index (κ2) is 7.92. The fraction of sp³-hybridized carbons (Fsp3) is 0.500. The van der Waals surface area contributed by atoms with Crippen LogP contribution in [0.1, 0.15) is 13.3 Å². The fourth-order valence-corrected chi connectivity index (χ4v) is 2.84. The molecule has 2 N–H and O–H groups in total. The van der Waals surface area contributed by atoms with Gasteiger partial charge in [-0.1, -0.05) is 6.92 Å². The molecule has 0 bridgehead atoms. The molecule has 0 aliphatic rings. The Kier molecular flexibility index (Phi) is 6.87. The maximum Gasteiger partial charge on any atom is 0.301 e. The van der Waals surface area contributed by atoms with Crippen LogP contribution in [0.4, 0.5) is 10.1 Å². The molecule has 0 aromatic heterocycles. The highest BCUT2D eigenvalue weighted by atomic mass is 79.9. The van der Waals surface area contributed by atoms with E-state index in [1.807, 2.05) is 6.92 Å². The summed E-state index contributed by atoms with van der Waals surface area (Å²) >= 11 is 3.02. The maximum absolute atomic E-state index is 13.1. The van der Waals surface area contributed by atoms with E-state index in [0.717, 1.165) is 19.5 Å². The molecule has 0 aliphatic heterocycles. The molecule has 1 aromatic rings. The average molecular weight is 368 g/mol. The molecule has 0 fully saturated rings. The van der Waals surface area contributed by atoms with Crippen molar-refractivity contribution >= 4 is 31.8 Å². The molecule has 0 radical (unpaired) electrons. The zero-order valence-corrected chi connectivity index (χ0v) is 13.9. The third-order valence-corrected chi connectivity index (χ3v) is 4.76. The lowest BCUT2D eigenvalue weighted by Crippen LogP contribution is -2.34. The molecular formula is C12H19BrFN3O2S. The molecule has 0 atom stereocenters. The Balaban J connectivity index is 2.61. The summed E-state index contributed by atoms with van der Waals surface area (Å²) in [4.78, 5) is 0. The van der Waals surface area contributed by atoms with Crippen molar-refractivity contribution in [2.45, 2.75) is 13.3 Å². The first-order valence-electron chi connectivity index (χ1n) is 6.26. The minimum Gasteiger partial charge on any atom is -0.317 e. The van der Waals surface area contributed by atoms with E-state index >= 15 is 0 Å². The molecule has 0 spiro atoms. The fourth-order valence-electron chi connectivity index (χ4n) is 1.51.